The Morgan fingerprint density at radius 1 is 1.18 bits per heavy atom. The van der Waals surface area contributed by atoms with Crippen LogP contribution < -0.4 is 5.32 Å². The quantitative estimate of drug-likeness (QED) is 0.491. The highest BCUT2D eigenvalue weighted by Gasteiger charge is 2.25. The highest BCUT2D eigenvalue weighted by Crippen LogP contribution is 2.33. The van der Waals surface area contributed by atoms with Crippen LogP contribution in [-0.2, 0) is 19.1 Å². The highest BCUT2D eigenvalue weighted by molar-refractivity contribution is 7.12. The van der Waals surface area contributed by atoms with Crippen molar-refractivity contribution in [1.29, 1.82) is 0 Å². The van der Waals surface area contributed by atoms with Crippen LogP contribution in [0.3, 0.4) is 0 Å². The van der Waals surface area contributed by atoms with Gasteiger partial charge in [-0.15, -0.1) is 11.3 Å². The molecule has 0 aliphatic heterocycles. The predicted molar refractivity (Wildman–Crippen MR) is 123 cm³/mol. The minimum Gasteiger partial charge on any atom is -0.467 e. The van der Waals surface area contributed by atoms with E-state index < -0.39 is 30.5 Å². The number of hydrogen-bond donors (Lipinski definition) is 1. The standard InChI is InChI=1S/C23H27N3O6S/c1-11(2)7-18(23(29)30-6)24-19(27)10-31-22(28)16-9-17(15-8-12(3)33-14(15)5)25-21-20(16)13(4)26-32-21/h8-9,11,18H,7,10H2,1-6H3,(H,24,27). The SMILES string of the molecule is COC(=O)C(CC(C)C)NC(=O)COC(=O)c1cc(-c2cc(C)sc2C)nc2onc(C)c12. The van der Waals surface area contributed by atoms with Gasteiger partial charge in [-0.2, -0.15) is 0 Å². The van der Waals surface area contributed by atoms with E-state index in [1.54, 1.807) is 24.3 Å². The summed E-state index contributed by atoms with van der Waals surface area (Å²) in [6.45, 7) is 8.96. The van der Waals surface area contributed by atoms with E-state index in [1.807, 2.05) is 33.8 Å². The summed E-state index contributed by atoms with van der Waals surface area (Å²) in [6.07, 6.45) is 0.403. The van der Waals surface area contributed by atoms with Gasteiger partial charge in [0, 0.05) is 15.3 Å². The number of thiophene rings is 1. The largest absolute Gasteiger partial charge is 0.467 e. The van der Waals surface area contributed by atoms with Gasteiger partial charge in [0.2, 0.25) is 0 Å². The third-order valence-electron chi connectivity index (χ3n) is 5.02. The molecule has 176 valence electrons. The lowest BCUT2D eigenvalue weighted by Gasteiger charge is -2.18. The van der Waals surface area contributed by atoms with Gasteiger partial charge in [-0.1, -0.05) is 19.0 Å². The molecule has 0 aromatic carbocycles. The molecule has 1 N–H and O–H groups in total. The fraction of sp³-hybridized carbons (Fsp3) is 0.435. The number of methoxy groups -OCH3 is 1. The number of aromatic nitrogens is 2. The fourth-order valence-electron chi connectivity index (χ4n) is 3.55. The van der Waals surface area contributed by atoms with Gasteiger partial charge < -0.3 is 19.3 Å². The van der Waals surface area contributed by atoms with Crippen LogP contribution in [0.4, 0.5) is 0 Å². The summed E-state index contributed by atoms with van der Waals surface area (Å²) >= 11 is 1.62. The van der Waals surface area contributed by atoms with Crippen molar-refractivity contribution in [2.24, 2.45) is 5.92 Å². The summed E-state index contributed by atoms with van der Waals surface area (Å²) in [5.41, 5.74) is 2.35. The zero-order valence-corrected chi connectivity index (χ0v) is 20.3. The summed E-state index contributed by atoms with van der Waals surface area (Å²) in [7, 11) is 1.26. The van der Waals surface area contributed by atoms with Crippen molar-refractivity contribution in [3.8, 4) is 11.3 Å². The molecule has 10 heteroatoms. The number of rotatable bonds is 8. The molecule has 0 fully saturated rings. The molecule has 33 heavy (non-hydrogen) atoms. The van der Waals surface area contributed by atoms with E-state index in [1.165, 1.54) is 7.11 Å². The zero-order chi connectivity index (χ0) is 24.3. The van der Waals surface area contributed by atoms with Gasteiger partial charge >= 0.3 is 11.9 Å². The summed E-state index contributed by atoms with van der Waals surface area (Å²) in [5, 5.41) is 6.91. The van der Waals surface area contributed by atoms with Crippen LogP contribution in [0.1, 0.15) is 46.1 Å². The van der Waals surface area contributed by atoms with Crippen LogP contribution in [0.25, 0.3) is 22.4 Å². The number of carbonyl (C=O) groups excluding carboxylic acids is 3. The maximum atomic E-state index is 13.0. The molecule has 3 heterocycles. The molecular weight excluding hydrogens is 446 g/mol. The molecule has 3 aromatic heterocycles. The Hall–Kier alpha value is -3.27. The second-order valence-corrected chi connectivity index (χ2v) is 9.64. The second-order valence-electron chi connectivity index (χ2n) is 8.18. The molecule has 1 amide bonds. The molecule has 3 rings (SSSR count). The van der Waals surface area contributed by atoms with E-state index in [0.717, 1.165) is 15.3 Å². The highest BCUT2D eigenvalue weighted by atomic mass is 32.1. The summed E-state index contributed by atoms with van der Waals surface area (Å²) in [5.74, 6) is -1.71. The molecule has 9 nitrogen and oxygen atoms in total. The first kappa shape index (κ1) is 24.4. The number of carbonyl (C=O) groups is 3. The normalized spacial score (nSPS) is 12.1. The summed E-state index contributed by atoms with van der Waals surface area (Å²) in [4.78, 5) is 43.9. The van der Waals surface area contributed by atoms with Crippen molar-refractivity contribution >= 4 is 40.3 Å². The first-order valence-electron chi connectivity index (χ1n) is 10.5. The second kappa shape index (κ2) is 10.1. The van der Waals surface area contributed by atoms with Gasteiger partial charge in [0.25, 0.3) is 11.6 Å². The minimum atomic E-state index is -0.814. The molecule has 1 atom stereocenters. The van der Waals surface area contributed by atoms with Crippen molar-refractivity contribution < 1.29 is 28.4 Å². The smallest absolute Gasteiger partial charge is 0.339 e. The average molecular weight is 474 g/mol. The lowest BCUT2D eigenvalue weighted by Crippen LogP contribution is -2.44. The number of nitrogens with zero attached hydrogens (tertiary/aromatic N) is 2. The molecule has 0 aliphatic carbocycles. The Morgan fingerprint density at radius 2 is 1.91 bits per heavy atom. The van der Waals surface area contributed by atoms with Gasteiger partial charge in [-0.3, -0.25) is 4.79 Å². The molecule has 3 aromatic rings. The molecule has 1 unspecified atom stereocenters. The van der Waals surface area contributed by atoms with Crippen molar-refractivity contribution in [3.05, 3.63) is 33.1 Å². The Bertz CT molecular complexity index is 1200. The molecule has 0 saturated carbocycles. The van der Waals surface area contributed by atoms with Crippen molar-refractivity contribution in [1.82, 2.24) is 15.5 Å². The van der Waals surface area contributed by atoms with Crippen molar-refractivity contribution in [2.45, 2.75) is 47.1 Å². The van der Waals surface area contributed by atoms with Gasteiger partial charge in [0.1, 0.15) is 6.04 Å². The van der Waals surface area contributed by atoms with Gasteiger partial charge in [-0.25, -0.2) is 14.6 Å². The summed E-state index contributed by atoms with van der Waals surface area (Å²) in [6, 6.07) is 2.80. The van der Waals surface area contributed by atoms with E-state index in [4.69, 9.17) is 14.0 Å². The minimum absolute atomic E-state index is 0.154. The number of fused-ring (bicyclic) bond motifs is 1. The Kier molecular flexibility index (Phi) is 7.47. The van der Waals surface area contributed by atoms with Crippen LogP contribution in [0, 0.1) is 26.7 Å². The van der Waals surface area contributed by atoms with Crippen LogP contribution in [0.5, 0.6) is 0 Å². The topological polar surface area (TPSA) is 121 Å². The Morgan fingerprint density at radius 3 is 2.52 bits per heavy atom. The maximum absolute atomic E-state index is 13.0. The number of amides is 1. The number of pyridine rings is 1. The molecule has 0 aliphatic rings. The fourth-order valence-corrected chi connectivity index (χ4v) is 4.48. The van der Waals surface area contributed by atoms with E-state index >= 15 is 0 Å². The zero-order valence-electron chi connectivity index (χ0n) is 19.5. The predicted octanol–water partition coefficient (Wildman–Crippen LogP) is 3.74. The molecule has 0 saturated heterocycles. The number of ether oxygens (including phenoxy) is 2. The van der Waals surface area contributed by atoms with Gasteiger partial charge in [-0.05, 0) is 45.2 Å². The van der Waals surface area contributed by atoms with Crippen LogP contribution in [-0.4, -0.2) is 47.7 Å². The third kappa shape index (κ3) is 5.57. The lowest BCUT2D eigenvalue weighted by atomic mass is 10.0. The van der Waals surface area contributed by atoms with E-state index in [-0.39, 0.29) is 17.2 Å². The van der Waals surface area contributed by atoms with Crippen LogP contribution >= 0.6 is 11.3 Å². The first-order valence-corrected chi connectivity index (χ1v) is 11.3. The van der Waals surface area contributed by atoms with E-state index in [9.17, 15) is 14.4 Å². The maximum Gasteiger partial charge on any atom is 0.339 e. The van der Waals surface area contributed by atoms with Crippen molar-refractivity contribution in [2.75, 3.05) is 13.7 Å². The van der Waals surface area contributed by atoms with Crippen molar-refractivity contribution in [3.63, 3.8) is 0 Å². The van der Waals surface area contributed by atoms with E-state index in [0.29, 0.717) is 23.2 Å². The summed E-state index contributed by atoms with van der Waals surface area (Å²) < 4.78 is 15.3. The van der Waals surface area contributed by atoms with Gasteiger partial charge in [0.05, 0.1) is 29.4 Å². The molecule has 0 spiro atoms. The third-order valence-corrected chi connectivity index (χ3v) is 5.98. The Labute approximate surface area is 195 Å². The molecule has 0 radical (unpaired) electrons. The van der Waals surface area contributed by atoms with Crippen LogP contribution in [0.2, 0.25) is 0 Å². The molecular formula is C23H27N3O6S. The van der Waals surface area contributed by atoms with Gasteiger partial charge in [0.15, 0.2) is 6.61 Å². The van der Waals surface area contributed by atoms with E-state index in [2.05, 4.69) is 15.5 Å². The number of nitrogens with one attached hydrogen (secondary N) is 1. The number of aryl methyl sites for hydroxylation is 3. The number of hydrogen-bond acceptors (Lipinski definition) is 9. The monoisotopic (exact) mass is 473 g/mol. The van der Waals surface area contributed by atoms with Crippen LogP contribution in [0.15, 0.2) is 16.7 Å². The Balaban J connectivity index is 1.82. The lowest BCUT2D eigenvalue weighted by molar-refractivity contribution is -0.145. The first-order chi connectivity index (χ1) is 15.6. The average Bonchev–Trinajstić information content (AvgIpc) is 3.31. The molecule has 0 bridgehead atoms. The number of esters is 2.